The second-order valence-corrected chi connectivity index (χ2v) is 5.80. The van der Waals surface area contributed by atoms with Crippen LogP contribution in [0.5, 0.6) is 5.75 Å². The standard InChI is InChI=1S/C11H7NO3S2/c12-8-9-4-1-2-5-10(9)15-17(13,14)11-6-3-7-16-11/h1-7H. The Bertz CT molecular complexity index is 654. The molecule has 0 saturated heterocycles. The molecule has 0 bridgehead atoms. The zero-order valence-electron chi connectivity index (χ0n) is 8.53. The molecule has 0 fully saturated rings. The van der Waals surface area contributed by atoms with E-state index in [9.17, 15) is 8.42 Å². The molecule has 0 saturated carbocycles. The van der Waals surface area contributed by atoms with Crippen LogP contribution >= 0.6 is 11.3 Å². The van der Waals surface area contributed by atoms with Gasteiger partial charge in [-0.1, -0.05) is 18.2 Å². The summed E-state index contributed by atoms with van der Waals surface area (Å²) in [6.45, 7) is 0. The van der Waals surface area contributed by atoms with E-state index < -0.39 is 10.1 Å². The topological polar surface area (TPSA) is 67.2 Å². The SMILES string of the molecule is N#Cc1ccccc1OS(=O)(=O)c1cccs1. The summed E-state index contributed by atoms with van der Waals surface area (Å²) in [5.41, 5.74) is 0.188. The van der Waals surface area contributed by atoms with Gasteiger partial charge in [0.25, 0.3) is 0 Å². The lowest BCUT2D eigenvalue weighted by atomic mass is 10.2. The molecule has 0 atom stereocenters. The predicted molar refractivity (Wildman–Crippen MR) is 63.3 cm³/mol. The number of benzene rings is 1. The average Bonchev–Trinajstić information content (AvgIpc) is 2.83. The molecule has 0 amide bonds. The average molecular weight is 265 g/mol. The fraction of sp³-hybridized carbons (Fsp3) is 0. The molecule has 0 aliphatic heterocycles. The molecule has 0 radical (unpaired) electrons. The third kappa shape index (κ3) is 2.46. The van der Waals surface area contributed by atoms with Crippen LogP contribution in [0.3, 0.4) is 0 Å². The molecular formula is C11H7NO3S2. The lowest BCUT2D eigenvalue weighted by Crippen LogP contribution is -2.08. The first kappa shape index (κ1) is 11.6. The van der Waals surface area contributed by atoms with Crippen LogP contribution in [0.4, 0.5) is 0 Å². The zero-order chi connectivity index (χ0) is 12.3. The van der Waals surface area contributed by atoms with Crippen LogP contribution in [0.1, 0.15) is 5.56 Å². The van der Waals surface area contributed by atoms with E-state index in [1.807, 2.05) is 6.07 Å². The van der Waals surface area contributed by atoms with E-state index >= 15 is 0 Å². The van der Waals surface area contributed by atoms with Gasteiger partial charge in [0.15, 0.2) is 9.96 Å². The van der Waals surface area contributed by atoms with Crippen molar-refractivity contribution in [2.24, 2.45) is 0 Å². The van der Waals surface area contributed by atoms with Crippen molar-refractivity contribution in [3.8, 4) is 11.8 Å². The van der Waals surface area contributed by atoms with E-state index in [1.54, 1.807) is 23.6 Å². The number of nitrogens with zero attached hydrogens (tertiary/aromatic N) is 1. The summed E-state index contributed by atoms with van der Waals surface area (Å²) in [7, 11) is -3.84. The van der Waals surface area contributed by atoms with Gasteiger partial charge in [-0.2, -0.15) is 13.7 Å². The van der Waals surface area contributed by atoms with E-state index in [-0.39, 0.29) is 15.5 Å². The fourth-order valence-corrected chi connectivity index (χ4v) is 3.09. The highest BCUT2D eigenvalue weighted by atomic mass is 32.3. The Labute approximate surface area is 103 Å². The Morgan fingerprint density at radius 3 is 2.59 bits per heavy atom. The summed E-state index contributed by atoms with van der Waals surface area (Å²) in [6.07, 6.45) is 0. The quantitative estimate of drug-likeness (QED) is 0.799. The molecule has 0 aliphatic rings. The molecule has 0 unspecified atom stereocenters. The molecule has 2 aromatic rings. The number of para-hydroxylation sites is 1. The summed E-state index contributed by atoms with van der Waals surface area (Å²) >= 11 is 1.07. The maximum Gasteiger partial charge on any atom is 0.348 e. The van der Waals surface area contributed by atoms with Crippen LogP contribution in [-0.4, -0.2) is 8.42 Å². The highest BCUT2D eigenvalue weighted by Crippen LogP contribution is 2.24. The number of rotatable bonds is 3. The lowest BCUT2D eigenvalue weighted by molar-refractivity contribution is 0.487. The van der Waals surface area contributed by atoms with E-state index in [0.717, 1.165) is 11.3 Å². The van der Waals surface area contributed by atoms with Gasteiger partial charge in [0.05, 0.1) is 5.56 Å². The first-order chi connectivity index (χ1) is 8.13. The van der Waals surface area contributed by atoms with Crippen molar-refractivity contribution >= 4 is 21.5 Å². The fourth-order valence-electron chi connectivity index (χ4n) is 1.20. The molecule has 6 heteroatoms. The molecule has 86 valence electrons. The van der Waals surface area contributed by atoms with Crippen LogP contribution in [-0.2, 0) is 10.1 Å². The van der Waals surface area contributed by atoms with Crippen LogP contribution < -0.4 is 4.18 Å². The molecule has 0 N–H and O–H groups in total. The molecule has 1 heterocycles. The number of hydrogen-bond donors (Lipinski definition) is 0. The van der Waals surface area contributed by atoms with Crippen molar-refractivity contribution in [3.05, 3.63) is 47.3 Å². The van der Waals surface area contributed by atoms with Gasteiger partial charge in [-0.15, -0.1) is 11.3 Å². The van der Waals surface area contributed by atoms with E-state index in [2.05, 4.69) is 0 Å². The number of nitriles is 1. The van der Waals surface area contributed by atoms with Crippen LogP contribution in [0.2, 0.25) is 0 Å². The number of hydrogen-bond acceptors (Lipinski definition) is 5. The van der Waals surface area contributed by atoms with Crippen molar-refractivity contribution in [2.75, 3.05) is 0 Å². The van der Waals surface area contributed by atoms with Gasteiger partial charge >= 0.3 is 10.1 Å². The smallest absolute Gasteiger partial charge is 0.348 e. The molecule has 2 rings (SSSR count). The van der Waals surface area contributed by atoms with E-state index in [0.29, 0.717) is 0 Å². The van der Waals surface area contributed by atoms with Crippen LogP contribution in [0.15, 0.2) is 46.0 Å². The molecule has 0 aliphatic carbocycles. The Morgan fingerprint density at radius 2 is 1.94 bits per heavy atom. The van der Waals surface area contributed by atoms with Gasteiger partial charge in [0.2, 0.25) is 0 Å². The molecule has 4 nitrogen and oxygen atoms in total. The van der Waals surface area contributed by atoms with Crippen molar-refractivity contribution in [2.45, 2.75) is 4.21 Å². The minimum atomic E-state index is -3.84. The lowest BCUT2D eigenvalue weighted by Gasteiger charge is -2.05. The summed E-state index contributed by atoms with van der Waals surface area (Å²) in [6, 6.07) is 11.2. The van der Waals surface area contributed by atoms with Crippen LogP contribution in [0, 0.1) is 11.3 Å². The third-order valence-corrected chi connectivity index (χ3v) is 4.54. The van der Waals surface area contributed by atoms with Gasteiger partial charge in [-0.25, -0.2) is 0 Å². The largest absolute Gasteiger partial charge is 0.377 e. The zero-order valence-corrected chi connectivity index (χ0v) is 10.2. The third-order valence-electron chi connectivity index (χ3n) is 1.95. The van der Waals surface area contributed by atoms with E-state index in [4.69, 9.17) is 9.44 Å². The minimum Gasteiger partial charge on any atom is -0.377 e. The van der Waals surface area contributed by atoms with Crippen molar-refractivity contribution in [1.82, 2.24) is 0 Å². The minimum absolute atomic E-state index is 0.0448. The van der Waals surface area contributed by atoms with Crippen molar-refractivity contribution in [3.63, 3.8) is 0 Å². The molecular weight excluding hydrogens is 258 g/mol. The van der Waals surface area contributed by atoms with Crippen molar-refractivity contribution in [1.29, 1.82) is 5.26 Å². The Kier molecular flexibility index (Phi) is 3.13. The summed E-state index contributed by atoms with van der Waals surface area (Å²) in [5, 5.41) is 10.5. The monoisotopic (exact) mass is 265 g/mol. The molecule has 1 aromatic heterocycles. The van der Waals surface area contributed by atoms with E-state index in [1.165, 1.54) is 18.2 Å². The van der Waals surface area contributed by atoms with Gasteiger partial charge < -0.3 is 4.18 Å². The molecule has 17 heavy (non-hydrogen) atoms. The maximum atomic E-state index is 11.8. The second kappa shape index (κ2) is 4.57. The van der Waals surface area contributed by atoms with Gasteiger partial charge in [0, 0.05) is 0 Å². The summed E-state index contributed by atoms with van der Waals surface area (Å²) < 4.78 is 28.7. The van der Waals surface area contributed by atoms with Crippen LogP contribution in [0.25, 0.3) is 0 Å². The van der Waals surface area contributed by atoms with Gasteiger partial charge in [-0.3, -0.25) is 0 Å². The number of thiophene rings is 1. The van der Waals surface area contributed by atoms with Gasteiger partial charge in [-0.05, 0) is 23.6 Å². The highest BCUT2D eigenvalue weighted by Gasteiger charge is 2.19. The summed E-state index contributed by atoms with van der Waals surface area (Å²) in [5.74, 6) is 0.0448. The Hall–Kier alpha value is -1.84. The first-order valence-corrected chi connectivity index (χ1v) is 6.89. The first-order valence-electron chi connectivity index (χ1n) is 4.60. The Balaban J connectivity index is 2.37. The maximum absolute atomic E-state index is 11.8. The normalized spacial score (nSPS) is 10.8. The van der Waals surface area contributed by atoms with Gasteiger partial charge in [0.1, 0.15) is 6.07 Å². The molecule has 0 spiro atoms. The van der Waals surface area contributed by atoms with Crippen molar-refractivity contribution < 1.29 is 12.6 Å². The highest BCUT2D eigenvalue weighted by molar-refractivity contribution is 7.89. The predicted octanol–water partition coefficient (Wildman–Crippen LogP) is 2.39. The summed E-state index contributed by atoms with van der Waals surface area (Å²) in [4.78, 5) is 0. The second-order valence-electron chi connectivity index (χ2n) is 3.08. The Morgan fingerprint density at radius 1 is 1.18 bits per heavy atom. The molecule has 1 aromatic carbocycles.